The fourth-order valence-electron chi connectivity index (χ4n) is 2.37. The molecule has 1 atom stereocenters. The summed E-state index contributed by atoms with van der Waals surface area (Å²) in [6.07, 6.45) is 0. The van der Waals surface area contributed by atoms with Gasteiger partial charge < -0.3 is 0 Å². The second-order valence-electron chi connectivity index (χ2n) is 5.86. The van der Waals surface area contributed by atoms with E-state index in [1.54, 1.807) is 6.92 Å². The molecule has 3 aromatic rings. The molecule has 0 amide bonds. The third-order valence-electron chi connectivity index (χ3n) is 3.85. The summed E-state index contributed by atoms with van der Waals surface area (Å²) in [4.78, 5) is 11.7. The van der Waals surface area contributed by atoms with Gasteiger partial charge in [-0.25, -0.2) is 0 Å². The first kappa shape index (κ1) is 17.7. The van der Waals surface area contributed by atoms with E-state index in [1.807, 2.05) is 60.9 Å². The highest BCUT2D eigenvalue weighted by Gasteiger charge is 2.20. The van der Waals surface area contributed by atoms with Gasteiger partial charge in [0.25, 0.3) is 0 Å². The molecule has 0 aliphatic heterocycles. The zero-order chi connectivity index (χ0) is 18.0. The van der Waals surface area contributed by atoms with Crippen molar-refractivity contribution in [2.75, 3.05) is 0 Å². The average Bonchev–Trinajstić information content (AvgIpc) is 2.99. The molecule has 0 bridgehead atoms. The van der Waals surface area contributed by atoms with Crippen LogP contribution in [-0.2, 0) is 4.79 Å². The molecule has 0 saturated carbocycles. The number of halogens is 1. The maximum atomic E-state index is 11.7. The normalized spacial score (nSPS) is 12.2. The molecule has 1 heterocycles. The van der Waals surface area contributed by atoms with Crippen LogP contribution in [0.25, 0.3) is 17.1 Å². The topological polar surface area (TPSA) is 47.8 Å². The molecule has 0 spiro atoms. The van der Waals surface area contributed by atoms with Gasteiger partial charge in [0.1, 0.15) is 5.78 Å². The number of nitrogens with zero attached hydrogens (tertiary/aromatic N) is 3. The summed E-state index contributed by atoms with van der Waals surface area (Å²) in [6, 6.07) is 15.6. The average molecular weight is 372 g/mol. The maximum absolute atomic E-state index is 11.7. The molecule has 128 valence electrons. The van der Waals surface area contributed by atoms with Crippen molar-refractivity contribution in [1.29, 1.82) is 0 Å². The van der Waals surface area contributed by atoms with E-state index < -0.39 is 0 Å². The van der Waals surface area contributed by atoms with Gasteiger partial charge in [-0.15, -0.1) is 10.2 Å². The molecular weight excluding hydrogens is 354 g/mol. The standard InChI is InChI=1S/C19H18ClN3OS/c1-12-5-4-6-17(11-12)23-18(15-7-9-16(20)10-8-15)21-22-19(23)25-14(3)13(2)24/h4-11,14H,1-3H3. The van der Waals surface area contributed by atoms with Gasteiger partial charge in [0.2, 0.25) is 0 Å². The molecule has 0 radical (unpaired) electrons. The molecule has 6 heteroatoms. The number of aryl methyl sites for hydroxylation is 1. The molecule has 2 aromatic carbocycles. The second kappa shape index (κ2) is 7.42. The van der Waals surface area contributed by atoms with Gasteiger partial charge in [-0.05, 0) is 62.7 Å². The van der Waals surface area contributed by atoms with E-state index in [4.69, 9.17) is 11.6 Å². The number of thioether (sulfide) groups is 1. The second-order valence-corrected chi connectivity index (χ2v) is 7.60. The van der Waals surface area contributed by atoms with Crippen LogP contribution in [0.15, 0.2) is 53.7 Å². The molecule has 0 saturated heterocycles. The van der Waals surface area contributed by atoms with E-state index in [1.165, 1.54) is 11.8 Å². The van der Waals surface area contributed by atoms with Crippen molar-refractivity contribution in [2.24, 2.45) is 0 Å². The van der Waals surface area contributed by atoms with Crippen molar-refractivity contribution < 1.29 is 4.79 Å². The highest BCUT2D eigenvalue weighted by atomic mass is 35.5. The lowest BCUT2D eigenvalue weighted by Gasteiger charge is -2.13. The van der Waals surface area contributed by atoms with Crippen molar-refractivity contribution in [3.63, 3.8) is 0 Å². The van der Waals surface area contributed by atoms with Crippen molar-refractivity contribution in [2.45, 2.75) is 31.2 Å². The minimum Gasteiger partial charge on any atom is -0.299 e. The van der Waals surface area contributed by atoms with E-state index in [-0.39, 0.29) is 11.0 Å². The Kier molecular flexibility index (Phi) is 5.25. The minimum atomic E-state index is -0.189. The summed E-state index contributed by atoms with van der Waals surface area (Å²) in [6.45, 7) is 5.51. The highest BCUT2D eigenvalue weighted by Crippen LogP contribution is 2.31. The van der Waals surface area contributed by atoms with Crippen LogP contribution in [0.1, 0.15) is 19.4 Å². The van der Waals surface area contributed by atoms with E-state index >= 15 is 0 Å². The minimum absolute atomic E-state index is 0.108. The van der Waals surface area contributed by atoms with Crippen LogP contribution >= 0.6 is 23.4 Å². The fourth-order valence-corrected chi connectivity index (χ4v) is 3.37. The summed E-state index contributed by atoms with van der Waals surface area (Å²) in [5, 5.41) is 9.88. The van der Waals surface area contributed by atoms with Crippen LogP contribution in [0.5, 0.6) is 0 Å². The number of rotatable bonds is 5. The van der Waals surface area contributed by atoms with Crippen molar-refractivity contribution >= 4 is 29.1 Å². The molecule has 25 heavy (non-hydrogen) atoms. The molecule has 0 aliphatic rings. The Hall–Kier alpha value is -2.11. The Balaban J connectivity index is 2.14. The van der Waals surface area contributed by atoms with Crippen LogP contribution in [0.3, 0.4) is 0 Å². The number of aromatic nitrogens is 3. The van der Waals surface area contributed by atoms with Crippen LogP contribution in [0, 0.1) is 6.92 Å². The predicted octanol–water partition coefficient (Wildman–Crippen LogP) is 4.97. The fraction of sp³-hybridized carbons (Fsp3) is 0.211. The SMILES string of the molecule is CC(=O)C(C)Sc1nnc(-c2ccc(Cl)cc2)n1-c1cccc(C)c1. The zero-order valence-corrected chi connectivity index (χ0v) is 15.8. The Labute approximate surface area is 156 Å². The molecule has 3 rings (SSSR count). The van der Waals surface area contributed by atoms with E-state index in [2.05, 4.69) is 16.3 Å². The lowest BCUT2D eigenvalue weighted by Crippen LogP contribution is -2.10. The van der Waals surface area contributed by atoms with Crippen LogP contribution in [-0.4, -0.2) is 25.8 Å². The lowest BCUT2D eigenvalue weighted by molar-refractivity contribution is -0.116. The number of hydrogen-bond donors (Lipinski definition) is 0. The van der Waals surface area contributed by atoms with Crippen molar-refractivity contribution in [3.05, 3.63) is 59.1 Å². The number of ketones is 1. The van der Waals surface area contributed by atoms with Gasteiger partial charge in [-0.1, -0.05) is 35.5 Å². The van der Waals surface area contributed by atoms with Gasteiger partial charge in [0.15, 0.2) is 11.0 Å². The molecule has 1 unspecified atom stereocenters. The lowest BCUT2D eigenvalue weighted by atomic mass is 10.2. The smallest absolute Gasteiger partial charge is 0.196 e. The van der Waals surface area contributed by atoms with Crippen LogP contribution in [0.2, 0.25) is 5.02 Å². The summed E-state index contributed by atoms with van der Waals surface area (Å²) in [7, 11) is 0. The third-order valence-corrected chi connectivity index (χ3v) is 5.26. The first-order valence-electron chi connectivity index (χ1n) is 7.91. The summed E-state index contributed by atoms with van der Waals surface area (Å²) in [5.74, 6) is 0.831. The quantitative estimate of drug-likeness (QED) is 0.594. The predicted molar refractivity (Wildman–Crippen MR) is 103 cm³/mol. The van der Waals surface area contributed by atoms with Gasteiger partial charge in [-0.2, -0.15) is 0 Å². The maximum Gasteiger partial charge on any atom is 0.196 e. The van der Waals surface area contributed by atoms with E-state index in [0.29, 0.717) is 10.2 Å². The van der Waals surface area contributed by atoms with E-state index in [0.717, 1.165) is 22.6 Å². The molecule has 0 N–H and O–H groups in total. The van der Waals surface area contributed by atoms with Gasteiger partial charge in [0, 0.05) is 16.3 Å². The first-order chi connectivity index (χ1) is 12.0. The first-order valence-corrected chi connectivity index (χ1v) is 9.17. The van der Waals surface area contributed by atoms with Gasteiger partial charge in [-0.3, -0.25) is 9.36 Å². The Morgan fingerprint density at radius 3 is 2.52 bits per heavy atom. The summed E-state index contributed by atoms with van der Waals surface area (Å²) in [5.41, 5.74) is 3.03. The Morgan fingerprint density at radius 1 is 1.16 bits per heavy atom. The summed E-state index contributed by atoms with van der Waals surface area (Å²) >= 11 is 7.41. The van der Waals surface area contributed by atoms with Gasteiger partial charge in [0.05, 0.1) is 5.25 Å². The van der Waals surface area contributed by atoms with Gasteiger partial charge >= 0.3 is 0 Å². The number of Topliss-reactive ketones (excluding diaryl/α,β-unsaturated/α-hetero) is 1. The van der Waals surface area contributed by atoms with Crippen molar-refractivity contribution in [3.8, 4) is 17.1 Å². The number of carbonyl (C=O) groups excluding carboxylic acids is 1. The zero-order valence-electron chi connectivity index (χ0n) is 14.2. The molecule has 1 aromatic heterocycles. The largest absolute Gasteiger partial charge is 0.299 e. The third kappa shape index (κ3) is 3.94. The number of benzene rings is 2. The highest BCUT2D eigenvalue weighted by molar-refractivity contribution is 8.00. The number of carbonyl (C=O) groups is 1. The van der Waals surface area contributed by atoms with Crippen LogP contribution in [0.4, 0.5) is 0 Å². The summed E-state index contributed by atoms with van der Waals surface area (Å²) < 4.78 is 1.99. The molecule has 0 fully saturated rings. The Morgan fingerprint density at radius 2 is 1.88 bits per heavy atom. The van der Waals surface area contributed by atoms with Crippen LogP contribution < -0.4 is 0 Å². The molecular formula is C19H18ClN3OS. The van der Waals surface area contributed by atoms with Crippen molar-refractivity contribution in [1.82, 2.24) is 14.8 Å². The monoisotopic (exact) mass is 371 g/mol. The van der Waals surface area contributed by atoms with E-state index in [9.17, 15) is 4.79 Å². The Bertz CT molecular complexity index is 905. The molecule has 0 aliphatic carbocycles. The number of hydrogen-bond acceptors (Lipinski definition) is 4. The molecule has 4 nitrogen and oxygen atoms in total.